The molecule has 1 aromatic carbocycles. The molecule has 2 heterocycles. The molecule has 0 aliphatic carbocycles. The highest BCUT2D eigenvalue weighted by Gasteiger charge is 2.52. The van der Waals surface area contributed by atoms with Crippen LogP contribution in [-0.2, 0) is 14.0 Å². The van der Waals surface area contributed by atoms with E-state index in [1.165, 1.54) is 12.0 Å². The van der Waals surface area contributed by atoms with Gasteiger partial charge in [-0.3, -0.25) is 4.79 Å². The maximum Gasteiger partial charge on any atom is 0.498 e. The van der Waals surface area contributed by atoms with Gasteiger partial charge in [-0.15, -0.1) is 0 Å². The summed E-state index contributed by atoms with van der Waals surface area (Å²) in [6.07, 6.45) is -1.67. The summed E-state index contributed by atoms with van der Waals surface area (Å²) in [6, 6.07) is 4.26. The van der Waals surface area contributed by atoms with Gasteiger partial charge in [-0.2, -0.15) is 0 Å². The first-order chi connectivity index (χ1) is 15.6. The number of halogens is 1. The van der Waals surface area contributed by atoms with Gasteiger partial charge >= 0.3 is 13.2 Å². The smallest absolute Gasteiger partial charge is 0.497 e. The van der Waals surface area contributed by atoms with Gasteiger partial charge in [-0.25, -0.2) is 9.18 Å². The van der Waals surface area contributed by atoms with Crippen molar-refractivity contribution < 1.29 is 32.8 Å². The number of carbonyl (C=O) groups excluding carboxylic acids is 2. The normalized spacial score (nSPS) is 24.0. The zero-order valence-electron chi connectivity index (χ0n) is 21.4. The van der Waals surface area contributed by atoms with Crippen molar-refractivity contribution in [3.05, 3.63) is 23.8 Å². The number of carbonyl (C=O) groups is 2. The molecule has 0 aromatic heterocycles. The maximum atomic E-state index is 14.8. The number of rotatable bonds is 4. The number of amides is 2. The second-order valence-electron chi connectivity index (χ2n) is 10.9. The quantitative estimate of drug-likeness (QED) is 0.670. The monoisotopic (exact) mass is 478 g/mol. The summed E-state index contributed by atoms with van der Waals surface area (Å²) >= 11 is 0. The highest BCUT2D eigenvalue weighted by molar-refractivity contribution is 6.63. The molecule has 8 nitrogen and oxygen atoms in total. The van der Waals surface area contributed by atoms with E-state index >= 15 is 0 Å². The highest BCUT2D eigenvalue weighted by Crippen LogP contribution is 2.37. The Morgan fingerprint density at radius 1 is 1.18 bits per heavy atom. The van der Waals surface area contributed by atoms with Crippen LogP contribution in [0.1, 0.15) is 65.2 Å². The fourth-order valence-electron chi connectivity index (χ4n) is 3.83. The van der Waals surface area contributed by atoms with E-state index in [4.69, 9.17) is 18.8 Å². The Morgan fingerprint density at radius 3 is 2.32 bits per heavy atom. The standard InChI is InChI=1S/C24H36BFN2O6/c1-22(2,3)32-21(30)28-12-11-18(17(26)14-28)27-20(29)15-9-10-16(19(13-15)31-8)25-33-23(4,5)24(6,7)34-25/h9-10,13,17-18H,11-12,14H2,1-8H3,(H,27,29). The van der Waals surface area contributed by atoms with Crippen LogP contribution in [0.2, 0.25) is 0 Å². The minimum Gasteiger partial charge on any atom is -0.497 e. The summed E-state index contributed by atoms with van der Waals surface area (Å²) in [7, 11) is 0.875. The van der Waals surface area contributed by atoms with Crippen LogP contribution < -0.4 is 15.5 Å². The fourth-order valence-corrected chi connectivity index (χ4v) is 3.83. The summed E-state index contributed by atoms with van der Waals surface area (Å²) < 4.78 is 37.8. The SMILES string of the molecule is COc1cc(C(=O)NC2CCN(C(=O)OC(C)(C)C)CC2F)ccc1B1OC(C)(C)C(C)(C)O1. The third kappa shape index (κ3) is 5.66. The van der Waals surface area contributed by atoms with Gasteiger partial charge in [0.05, 0.1) is 30.9 Å². The molecular weight excluding hydrogens is 442 g/mol. The largest absolute Gasteiger partial charge is 0.498 e. The summed E-state index contributed by atoms with van der Waals surface area (Å²) in [6.45, 7) is 13.3. The molecule has 2 aliphatic heterocycles. The Morgan fingerprint density at radius 2 is 1.79 bits per heavy atom. The first-order valence-corrected chi connectivity index (χ1v) is 11.6. The molecule has 2 aliphatic rings. The number of methoxy groups -OCH3 is 1. The van der Waals surface area contributed by atoms with Gasteiger partial charge < -0.3 is 29.0 Å². The molecule has 10 heteroatoms. The van der Waals surface area contributed by atoms with Gasteiger partial charge in [0, 0.05) is 17.6 Å². The molecule has 2 fully saturated rings. The van der Waals surface area contributed by atoms with E-state index < -0.39 is 48.1 Å². The van der Waals surface area contributed by atoms with Crippen molar-refractivity contribution >= 4 is 24.6 Å². The number of nitrogens with one attached hydrogen (secondary N) is 1. The third-order valence-corrected chi connectivity index (χ3v) is 6.51. The van der Waals surface area contributed by atoms with Crippen LogP contribution in [0.5, 0.6) is 5.75 Å². The van der Waals surface area contributed by atoms with Crippen LogP contribution in [0.3, 0.4) is 0 Å². The fraction of sp³-hybridized carbons (Fsp3) is 0.667. The van der Waals surface area contributed by atoms with Crippen molar-refractivity contribution in [3.63, 3.8) is 0 Å². The van der Waals surface area contributed by atoms with Gasteiger partial charge in [0.2, 0.25) is 0 Å². The average Bonchev–Trinajstić information content (AvgIpc) is 2.94. The Kier molecular flexibility index (Phi) is 7.25. The number of piperidine rings is 1. The molecule has 3 rings (SSSR count). The number of benzene rings is 1. The topological polar surface area (TPSA) is 86.3 Å². The van der Waals surface area contributed by atoms with Gasteiger partial charge in [-0.1, -0.05) is 6.07 Å². The Labute approximate surface area is 201 Å². The van der Waals surface area contributed by atoms with Crippen LogP contribution in [0.25, 0.3) is 0 Å². The van der Waals surface area contributed by atoms with Gasteiger partial charge in [-0.05, 0) is 67.0 Å². The van der Waals surface area contributed by atoms with Crippen LogP contribution >= 0.6 is 0 Å². The van der Waals surface area contributed by atoms with Gasteiger partial charge in [0.1, 0.15) is 17.5 Å². The van der Waals surface area contributed by atoms with Crippen molar-refractivity contribution in [1.82, 2.24) is 10.2 Å². The van der Waals surface area contributed by atoms with Crippen molar-refractivity contribution in [3.8, 4) is 5.75 Å². The molecule has 0 saturated carbocycles. The molecule has 0 spiro atoms. The van der Waals surface area contributed by atoms with Crippen LogP contribution in [-0.4, -0.2) is 73.2 Å². The van der Waals surface area contributed by atoms with Gasteiger partial charge in [0.25, 0.3) is 5.91 Å². The number of likely N-dealkylation sites (tertiary alicyclic amines) is 1. The van der Waals surface area contributed by atoms with E-state index in [0.29, 0.717) is 23.3 Å². The molecule has 0 bridgehead atoms. The molecule has 0 radical (unpaired) electrons. The van der Waals surface area contributed by atoms with E-state index in [1.54, 1.807) is 39.0 Å². The lowest BCUT2D eigenvalue weighted by atomic mass is 9.78. The van der Waals surface area contributed by atoms with Crippen molar-refractivity contribution in [2.45, 2.75) is 83.9 Å². The minimum absolute atomic E-state index is 0.135. The van der Waals surface area contributed by atoms with Crippen molar-refractivity contribution in [2.75, 3.05) is 20.2 Å². The lowest BCUT2D eigenvalue weighted by molar-refractivity contribution is 0.00578. The molecule has 1 aromatic rings. The predicted molar refractivity (Wildman–Crippen MR) is 127 cm³/mol. The molecule has 188 valence electrons. The van der Waals surface area contributed by atoms with Crippen LogP contribution in [0, 0.1) is 0 Å². The number of hydrogen-bond donors (Lipinski definition) is 1. The summed E-state index contributed by atoms with van der Waals surface area (Å²) in [5.41, 5.74) is -0.670. The lowest BCUT2D eigenvalue weighted by Gasteiger charge is -2.35. The molecule has 2 amide bonds. The maximum absolute atomic E-state index is 14.8. The van der Waals surface area contributed by atoms with Crippen LogP contribution in [0.15, 0.2) is 18.2 Å². The number of nitrogens with zero attached hydrogens (tertiary/aromatic N) is 1. The van der Waals surface area contributed by atoms with E-state index in [1.807, 2.05) is 27.7 Å². The first kappa shape index (κ1) is 26.3. The molecular formula is C24H36BFN2O6. The molecule has 2 saturated heterocycles. The van der Waals surface area contributed by atoms with Crippen molar-refractivity contribution in [1.29, 1.82) is 0 Å². The predicted octanol–water partition coefficient (Wildman–Crippen LogP) is 3.07. The zero-order chi connectivity index (χ0) is 25.5. The van der Waals surface area contributed by atoms with E-state index in [2.05, 4.69) is 5.32 Å². The Hall–Kier alpha value is -2.33. The number of alkyl halides is 1. The minimum atomic E-state index is -1.41. The Bertz CT molecular complexity index is 917. The second kappa shape index (κ2) is 9.38. The van der Waals surface area contributed by atoms with E-state index in [-0.39, 0.29) is 13.0 Å². The Balaban J connectivity index is 1.65. The molecule has 2 unspecified atom stereocenters. The molecule has 34 heavy (non-hydrogen) atoms. The number of hydrogen-bond acceptors (Lipinski definition) is 6. The van der Waals surface area contributed by atoms with Crippen LogP contribution in [0.4, 0.5) is 9.18 Å². The zero-order valence-corrected chi connectivity index (χ0v) is 21.4. The van der Waals surface area contributed by atoms with Crippen molar-refractivity contribution in [2.24, 2.45) is 0 Å². The first-order valence-electron chi connectivity index (χ1n) is 11.6. The molecule has 2 atom stereocenters. The van der Waals surface area contributed by atoms with Gasteiger partial charge in [0.15, 0.2) is 0 Å². The van der Waals surface area contributed by atoms with E-state index in [0.717, 1.165) is 0 Å². The summed E-state index contributed by atoms with van der Waals surface area (Å²) in [5.74, 6) is 0.0276. The summed E-state index contributed by atoms with van der Waals surface area (Å²) in [5, 5.41) is 2.75. The summed E-state index contributed by atoms with van der Waals surface area (Å²) in [4.78, 5) is 26.4. The van der Waals surface area contributed by atoms with E-state index in [9.17, 15) is 14.0 Å². The lowest BCUT2D eigenvalue weighted by Crippen LogP contribution is -2.54. The highest BCUT2D eigenvalue weighted by atomic mass is 19.1. The third-order valence-electron chi connectivity index (χ3n) is 6.51. The average molecular weight is 478 g/mol. The second-order valence-corrected chi connectivity index (χ2v) is 10.9. The molecule has 1 N–H and O–H groups in total. The number of ether oxygens (including phenoxy) is 2.